The van der Waals surface area contributed by atoms with E-state index in [1.807, 2.05) is 0 Å². The molecule has 98 valence electrons. The smallest absolute Gasteiger partial charge is 0.420 e. The Morgan fingerprint density at radius 2 is 2.11 bits per heavy atom. The summed E-state index contributed by atoms with van der Waals surface area (Å²) in [7, 11) is 0. The lowest BCUT2D eigenvalue weighted by Crippen LogP contribution is -2.15. The number of rotatable bonds is 3. The highest BCUT2D eigenvalue weighted by Crippen LogP contribution is 2.27. The van der Waals surface area contributed by atoms with Gasteiger partial charge < -0.3 is 10.1 Å². The average Bonchev–Trinajstić information content (AvgIpc) is 2.65. The van der Waals surface area contributed by atoms with Gasteiger partial charge in [-0.2, -0.15) is 0 Å². The number of anilines is 1. The summed E-state index contributed by atoms with van der Waals surface area (Å²) in [6.07, 6.45) is 0. The summed E-state index contributed by atoms with van der Waals surface area (Å²) in [6, 6.07) is 6.10. The molecule has 3 nitrogen and oxygen atoms in total. The lowest BCUT2D eigenvalue weighted by Gasteiger charge is -2.11. The van der Waals surface area contributed by atoms with Crippen LogP contribution in [0.15, 0.2) is 29.3 Å². The van der Waals surface area contributed by atoms with Crippen molar-refractivity contribution in [3.05, 3.63) is 24.3 Å². The van der Waals surface area contributed by atoms with E-state index in [-0.39, 0.29) is 5.75 Å². The second-order valence-electron chi connectivity index (χ2n) is 3.77. The Bertz CT molecular complexity index is 447. The van der Waals surface area contributed by atoms with Crippen molar-refractivity contribution in [2.75, 3.05) is 11.9 Å². The number of benzene rings is 1. The third kappa shape index (κ3) is 4.03. The molecule has 1 aliphatic heterocycles. The van der Waals surface area contributed by atoms with Crippen LogP contribution in [-0.2, 0) is 0 Å². The highest BCUT2D eigenvalue weighted by atomic mass is 35.5. The molecule has 0 spiro atoms. The zero-order valence-electron chi connectivity index (χ0n) is 9.49. The second-order valence-corrected chi connectivity index (χ2v) is 5.64. The number of ether oxygens (including phenoxy) is 1. The van der Waals surface area contributed by atoms with Crippen molar-refractivity contribution >= 4 is 34.2 Å². The van der Waals surface area contributed by atoms with Gasteiger partial charge in [-0.05, 0) is 24.3 Å². The highest BCUT2D eigenvalue weighted by molar-refractivity contribution is 8.15. The fraction of sp³-hybridized carbons (Fsp3) is 0.364. The Hall–Kier alpha value is -1.01. The van der Waals surface area contributed by atoms with E-state index < -0.39 is 5.57 Å². The standard InChI is InChI=1S/C11H11ClF2N2OS/c1-7-6-15-10(18-7)16-8-2-4-9(5-3-8)17-11(12,13)14/h2-5,7H,6H2,1H3,(H,15,16)/t7-/m0/s1. The van der Waals surface area contributed by atoms with Crippen molar-refractivity contribution in [1.29, 1.82) is 0 Å². The molecule has 0 aromatic heterocycles. The molecule has 1 aliphatic rings. The van der Waals surface area contributed by atoms with Crippen LogP contribution in [0.25, 0.3) is 0 Å². The zero-order valence-corrected chi connectivity index (χ0v) is 11.1. The monoisotopic (exact) mass is 292 g/mol. The average molecular weight is 293 g/mol. The number of alkyl halides is 3. The number of hydrogen-bond acceptors (Lipinski definition) is 4. The number of aliphatic imine (C=N–C) groups is 1. The van der Waals surface area contributed by atoms with Gasteiger partial charge in [0.1, 0.15) is 5.75 Å². The maximum atomic E-state index is 12.4. The topological polar surface area (TPSA) is 33.6 Å². The minimum Gasteiger partial charge on any atom is -0.420 e. The lowest BCUT2D eigenvalue weighted by molar-refractivity contribution is -0.0964. The fourth-order valence-electron chi connectivity index (χ4n) is 1.41. The van der Waals surface area contributed by atoms with Crippen molar-refractivity contribution in [3.8, 4) is 5.75 Å². The number of nitrogens with one attached hydrogen (secondary N) is 1. The number of amidine groups is 1. The lowest BCUT2D eigenvalue weighted by atomic mass is 10.3. The summed E-state index contributed by atoms with van der Waals surface area (Å²) in [5, 5.41) is 4.39. The SMILES string of the molecule is C[C@H]1CN=C(Nc2ccc(OC(F)(F)Cl)cc2)S1. The van der Waals surface area contributed by atoms with Crippen LogP contribution in [0.5, 0.6) is 5.75 Å². The minimum atomic E-state index is -3.68. The molecule has 0 aliphatic carbocycles. The van der Waals surface area contributed by atoms with Crippen LogP contribution in [0.2, 0.25) is 0 Å². The molecule has 0 fully saturated rings. The molecule has 0 unspecified atom stereocenters. The first kappa shape index (κ1) is 13.4. The molecule has 1 N–H and O–H groups in total. The van der Waals surface area contributed by atoms with Crippen molar-refractivity contribution in [2.24, 2.45) is 4.99 Å². The Morgan fingerprint density at radius 3 is 2.61 bits per heavy atom. The summed E-state index contributed by atoms with van der Waals surface area (Å²) >= 11 is 6.31. The van der Waals surface area contributed by atoms with Gasteiger partial charge in [0.2, 0.25) is 0 Å². The van der Waals surface area contributed by atoms with Gasteiger partial charge in [-0.1, -0.05) is 18.7 Å². The van der Waals surface area contributed by atoms with Gasteiger partial charge in [0.05, 0.1) is 6.54 Å². The molecule has 1 aromatic carbocycles. The molecule has 7 heteroatoms. The summed E-state index contributed by atoms with van der Waals surface area (Å²) < 4.78 is 29.0. The fourth-order valence-corrected chi connectivity index (χ4v) is 2.35. The van der Waals surface area contributed by atoms with Gasteiger partial charge in [-0.15, -0.1) is 8.78 Å². The summed E-state index contributed by atoms with van der Waals surface area (Å²) in [6.45, 7) is 2.87. The maximum Gasteiger partial charge on any atom is 0.487 e. The van der Waals surface area contributed by atoms with E-state index in [9.17, 15) is 8.78 Å². The number of nitrogens with zero attached hydrogens (tertiary/aromatic N) is 1. The molecule has 0 amide bonds. The normalized spacial score (nSPS) is 19.6. The van der Waals surface area contributed by atoms with Crippen LogP contribution in [0, 0.1) is 0 Å². The molecule has 1 atom stereocenters. The molecular formula is C11H11ClF2N2OS. The van der Waals surface area contributed by atoms with E-state index in [1.54, 1.807) is 23.9 Å². The largest absolute Gasteiger partial charge is 0.487 e. The Balaban J connectivity index is 1.96. The van der Waals surface area contributed by atoms with Crippen LogP contribution < -0.4 is 10.1 Å². The van der Waals surface area contributed by atoms with E-state index in [0.717, 1.165) is 17.4 Å². The predicted molar refractivity (Wildman–Crippen MR) is 70.8 cm³/mol. The van der Waals surface area contributed by atoms with Gasteiger partial charge >= 0.3 is 5.57 Å². The van der Waals surface area contributed by atoms with E-state index >= 15 is 0 Å². The van der Waals surface area contributed by atoms with Crippen molar-refractivity contribution < 1.29 is 13.5 Å². The number of halogens is 3. The van der Waals surface area contributed by atoms with E-state index in [0.29, 0.717) is 5.25 Å². The Kier molecular flexibility index (Phi) is 3.97. The van der Waals surface area contributed by atoms with Crippen LogP contribution in [-0.4, -0.2) is 22.5 Å². The van der Waals surface area contributed by atoms with Crippen LogP contribution in [0.1, 0.15) is 6.92 Å². The summed E-state index contributed by atoms with van der Waals surface area (Å²) in [5.74, 6) is 0.00920. The van der Waals surface area contributed by atoms with Gasteiger partial charge in [-0.3, -0.25) is 4.99 Å². The second kappa shape index (κ2) is 5.32. The number of hydrogen-bond donors (Lipinski definition) is 1. The molecule has 0 bridgehead atoms. The minimum absolute atomic E-state index is 0.00920. The van der Waals surface area contributed by atoms with Crippen molar-refractivity contribution in [3.63, 3.8) is 0 Å². The van der Waals surface area contributed by atoms with E-state index in [4.69, 9.17) is 0 Å². The van der Waals surface area contributed by atoms with Gasteiger partial charge in [0.25, 0.3) is 0 Å². The Morgan fingerprint density at radius 1 is 1.44 bits per heavy atom. The molecule has 0 saturated heterocycles. The Labute approximate surface area is 113 Å². The third-order valence-corrected chi connectivity index (χ3v) is 3.23. The van der Waals surface area contributed by atoms with E-state index in [2.05, 4.69) is 33.6 Å². The quantitative estimate of drug-likeness (QED) is 0.861. The van der Waals surface area contributed by atoms with Gasteiger partial charge in [0, 0.05) is 22.5 Å². The zero-order chi connectivity index (χ0) is 13.2. The van der Waals surface area contributed by atoms with Crippen LogP contribution >= 0.6 is 23.4 Å². The molecule has 1 heterocycles. The molecule has 0 saturated carbocycles. The van der Waals surface area contributed by atoms with Crippen molar-refractivity contribution in [1.82, 2.24) is 0 Å². The first-order valence-electron chi connectivity index (χ1n) is 5.26. The predicted octanol–water partition coefficient (Wildman–Crippen LogP) is 3.76. The first-order valence-corrected chi connectivity index (χ1v) is 6.52. The molecule has 2 rings (SSSR count). The molecule has 18 heavy (non-hydrogen) atoms. The highest BCUT2D eigenvalue weighted by Gasteiger charge is 2.27. The third-order valence-electron chi connectivity index (χ3n) is 2.14. The van der Waals surface area contributed by atoms with Gasteiger partial charge in [0.15, 0.2) is 5.17 Å². The van der Waals surface area contributed by atoms with Crippen LogP contribution in [0.3, 0.4) is 0 Å². The molecule has 0 radical (unpaired) electrons. The molecular weight excluding hydrogens is 282 g/mol. The van der Waals surface area contributed by atoms with Crippen molar-refractivity contribution in [2.45, 2.75) is 17.7 Å². The van der Waals surface area contributed by atoms with Gasteiger partial charge in [-0.25, -0.2) is 0 Å². The maximum absolute atomic E-state index is 12.4. The summed E-state index contributed by atoms with van der Waals surface area (Å²) in [4.78, 5) is 4.29. The summed E-state index contributed by atoms with van der Waals surface area (Å²) in [5.41, 5.74) is -2.92. The number of thioether (sulfide) groups is 1. The first-order chi connectivity index (χ1) is 8.42. The molecule has 1 aromatic rings. The van der Waals surface area contributed by atoms with E-state index in [1.165, 1.54) is 12.1 Å². The van der Waals surface area contributed by atoms with Crippen LogP contribution in [0.4, 0.5) is 14.5 Å².